The Morgan fingerprint density at radius 2 is 2.25 bits per heavy atom. The van der Waals surface area contributed by atoms with Gasteiger partial charge in [-0.3, -0.25) is 0 Å². The monoisotopic (exact) mass is 190 g/mol. The van der Waals surface area contributed by atoms with Gasteiger partial charge >= 0.3 is 0 Å². The predicted octanol–water partition coefficient (Wildman–Crippen LogP) is 2.08. The minimum Gasteiger partial charge on any atom is -0.235 e. The third-order valence-corrected chi connectivity index (χ3v) is 1.43. The Morgan fingerprint density at radius 1 is 1.58 bits per heavy atom. The molecule has 1 N–H and O–H groups in total. The molecule has 0 aromatic heterocycles. The number of halogens is 2. The van der Waals surface area contributed by atoms with Crippen LogP contribution in [0.3, 0.4) is 0 Å². The molecular weight excluding hydrogens is 187 g/mol. The number of hydrogen-bond acceptors (Lipinski definition) is 2. The molecule has 0 spiro atoms. The van der Waals surface area contributed by atoms with Crippen molar-refractivity contribution in [2.45, 2.75) is 0 Å². The van der Waals surface area contributed by atoms with Crippen molar-refractivity contribution in [2.24, 2.45) is 0 Å². The fourth-order valence-electron chi connectivity index (χ4n) is 0.671. The summed E-state index contributed by atoms with van der Waals surface area (Å²) in [5.41, 5.74) is 1.99. The third kappa shape index (κ3) is 2.06. The quantitative estimate of drug-likeness (QED) is 0.574. The standard InChI is InChI=1S/C6H4ClFN2O2/c7-5-3-4(9-10(11)12)1-2-6(5)8/h1-3,9H. The molecule has 1 aromatic rings. The van der Waals surface area contributed by atoms with Crippen LogP contribution >= 0.6 is 11.6 Å². The number of nitro groups is 1. The maximum atomic E-state index is 12.5. The van der Waals surface area contributed by atoms with Crippen LogP contribution in [-0.2, 0) is 0 Å². The van der Waals surface area contributed by atoms with Crippen molar-refractivity contribution in [2.75, 3.05) is 5.43 Å². The van der Waals surface area contributed by atoms with E-state index in [2.05, 4.69) is 0 Å². The Bertz CT molecular complexity index is 318. The lowest BCUT2D eigenvalue weighted by Crippen LogP contribution is -2.07. The normalized spacial score (nSPS) is 9.50. The van der Waals surface area contributed by atoms with Crippen LogP contribution in [0.2, 0.25) is 5.02 Å². The number of hydrazine groups is 1. The Morgan fingerprint density at radius 3 is 2.75 bits per heavy atom. The molecular formula is C6H4ClFN2O2. The highest BCUT2D eigenvalue weighted by Gasteiger charge is 2.03. The van der Waals surface area contributed by atoms with Crippen molar-refractivity contribution >= 4 is 17.3 Å². The van der Waals surface area contributed by atoms with Crippen LogP contribution in [0.4, 0.5) is 10.1 Å². The van der Waals surface area contributed by atoms with Crippen LogP contribution in [0, 0.1) is 15.9 Å². The molecule has 0 saturated heterocycles. The highest BCUT2D eigenvalue weighted by molar-refractivity contribution is 6.31. The molecule has 0 unspecified atom stereocenters. The first-order chi connectivity index (χ1) is 5.59. The Balaban J connectivity index is 2.89. The Labute approximate surface area is 72.1 Å². The van der Waals surface area contributed by atoms with Crippen LogP contribution in [0.15, 0.2) is 18.2 Å². The fourth-order valence-corrected chi connectivity index (χ4v) is 0.852. The van der Waals surface area contributed by atoms with E-state index >= 15 is 0 Å². The van der Waals surface area contributed by atoms with Crippen LogP contribution in [0.5, 0.6) is 0 Å². The summed E-state index contributed by atoms with van der Waals surface area (Å²) < 4.78 is 12.5. The van der Waals surface area contributed by atoms with Gasteiger partial charge in [0.05, 0.1) is 5.02 Å². The number of hydrogen-bond donors (Lipinski definition) is 1. The van der Waals surface area contributed by atoms with Gasteiger partial charge in [0.2, 0.25) is 0 Å². The van der Waals surface area contributed by atoms with E-state index in [1.165, 1.54) is 6.07 Å². The van der Waals surface area contributed by atoms with E-state index in [0.717, 1.165) is 12.1 Å². The molecule has 0 amide bonds. The van der Waals surface area contributed by atoms with Gasteiger partial charge in [0.25, 0.3) is 0 Å². The van der Waals surface area contributed by atoms with E-state index in [9.17, 15) is 14.5 Å². The van der Waals surface area contributed by atoms with E-state index in [4.69, 9.17) is 11.6 Å². The maximum Gasteiger partial charge on any atom is 0.162 e. The van der Waals surface area contributed by atoms with E-state index in [-0.39, 0.29) is 10.7 Å². The van der Waals surface area contributed by atoms with Crippen molar-refractivity contribution in [1.29, 1.82) is 0 Å². The second kappa shape index (κ2) is 3.36. The highest BCUT2D eigenvalue weighted by Crippen LogP contribution is 2.18. The summed E-state index contributed by atoms with van der Waals surface area (Å²) in [4.78, 5) is 9.92. The zero-order valence-electron chi connectivity index (χ0n) is 5.75. The first-order valence-electron chi connectivity index (χ1n) is 2.95. The third-order valence-electron chi connectivity index (χ3n) is 1.14. The summed E-state index contributed by atoms with van der Waals surface area (Å²) in [5.74, 6) is -0.606. The smallest absolute Gasteiger partial charge is 0.162 e. The molecule has 0 atom stereocenters. The maximum absolute atomic E-state index is 12.5. The van der Waals surface area contributed by atoms with Gasteiger partial charge in [-0.2, -0.15) is 0 Å². The molecule has 1 aromatic carbocycles. The topological polar surface area (TPSA) is 55.2 Å². The van der Waals surface area contributed by atoms with Crippen LogP contribution < -0.4 is 5.43 Å². The number of rotatable bonds is 2. The lowest BCUT2D eigenvalue weighted by Gasteiger charge is -1.97. The van der Waals surface area contributed by atoms with Crippen molar-refractivity contribution in [3.05, 3.63) is 39.2 Å². The zero-order chi connectivity index (χ0) is 9.14. The van der Waals surface area contributed by atoms with Gasteiger partial charge < -0.3 is 0 Å². The molecule has 0 aliphatic heterocycles. The number of benzene rings is 1. The molecule has 0 radical (unpaired) electrons. The average Bonchev–Trinajstić information content (AvgIpc) is 1.96. The summed E-state index contributed by atoms with van der Waals surface area (Å²) in [6.45, 7) is 0. The van der Waals surface area contributed by atoms with E-state index < -0.39 is 10.8 Å². The lowest BCUT2D eigenvalue weighted by molar-refractivity contribution is -0.445. The summed E-state index contributed by atoms with van der Waals surface area (Å²) in [5, 5.41) is 9.03. The van der Waals surface area contributed by atoms with Gasteiger partial charge in [-0.15, -0.1) is 5.43 Å². The fraction of sp³-hybridized carbons (Fsp3) is 0. The molecule has 0 bridgehead atoms. The van der Waals surface area contributed by atoms with Gasteiger partial charge in [0.1, 0.15) is 11.5 Å². The van der Waals surface area contributed by atoms with Gasteiger partial charge in [0, 0.05) is 0 Å². The second-order valence-electron chi connectivity index (χ2n) is 2.00. The Kier molecular flexibility index (Phi) is 2.44. The molecule has 4 nitrogen and oxygen atoms in total. The number of anilines is 1. The van der Waals surface area contributed by atoms with Crippen molar-refractivity contribution in [3.8, 4) is 0 Å². The number of nitrogens with zero attached hydrogens (tertiary/aromatic N) is 1. The highest BCUT2D eigenvalue weighted by atomic mass is 35.5. The summed E-state index contributed by atoms with van der Waals surface area (Å²) in [7, 11) is 0. The van der Waals surface area contributed by atoms with Gasteiger partial charge in [0.15, 0.2) is 5.03 Å². The molecule has 64 valence electrons. The summed E-state index contributed by atoms with van der Waals surface area (Å²) in [6, 6.07) is 3.41. The van der Waals surface area contributed by atoms with Crippen molar-refractivity contribution in [1.82, 2.24) is 0 Å². The summed E-state index contributed by atoms with van der Waals surface area (Å²) in [6.07, 6.45) is 0. The van der Waals surface area contributed by atoms with E-state index in [0.29, 0.717) is 0 Å². The molecule has 0 saturated carbocycles. The Hall–Kier alpha value is -1.36. The predicted molar refractivity (Wildman–Crippen MR) is 42.0 cm³/mol. The minimum atomic E-state index is -0.746. The molecule has 0 aliphatic rings. The van der Waals surface area contributed by atoms with Gasteiger partial charge in [-0.25, -0.2) is 14.5 Å². The zero-order valence-corrected chi connectivity index (χ0v) is 6.51. The van der Waals surface area contributed by atoms with Crippen LogP contribution in [0.1, 0.15) is 0 Å². The van der Waals surface area contributed by atoms with E-state index in [1.807, 2.05) is 5.43 Å². The van der Waals surface area contributed by atoms with Gasteiger partial charge in [-0.05, 0) is 18.2 Å². The van der Waals surface area contributed by atoms with Crippen molar-refractivity contribution < 1.29 is 9.42 Å². The van der Waals surface area contributed by atoms with Crippen LogP contribution in [-0.4, -0.2) is 5.03 Å². The largest absolute Gasteiger partial charge is 0.235 e. The molecule has 0 heterocycles. The summed E-state index contributed by atoms with van der Waals surface area (Å²) >= 11 is 5.36. The van der Waals surface area contributed by atoms with Gasteiger partial charge in [-0.1, -0.05) is 11.6 Å². The van der Waals surface area contributed by atoms with Crippen LogP contribution in [0.25, 0.3) is 0 Å². The molecule has 12 heavy (non-hydrogen) atoms. The first-order valence-corrected chi connectivity index (χ1v) is 3.33. The van der Waals surface area contributed by atoms with E-state index in [1.54, 1.807) is 0 Å². The molecule has 0 aliphatic carbocycles. The lowest BCUT2D eigenvalue weighted by atomic mass is 10.3. The molecule has 6 heteroatoms. The number of nitrogens with one attached hydrogen (secondary N) is 1. The molecule has 1 rings (SSSR count). The molecule has 0 fully saturated rings. The average molecular weight is 191 g/mol. The van der Waals surface area contributed by atoms with Crippen molar-refractivity contribution in [3.63, 3.8) is 0 Å². The first kappa shape index (κ1) is 8.73. The second-order valence-corrected chi connectivity index (χ2v) is 2.41. The SMILES string of the molecule is O=[N+]([O-])Nc1ccc(F)c(Cl)c1. The minimum absolute atomic E-state index is 0.145.